The predicted molar refractivity (Wildman–Crippen MR) is 96.3 cm³/mol. The Labute approximate surface area is 149 Å². The minimum absolute atomic E-state index is 0.0611. The molecule has 1 fully saturated rings. The Hall–Kier alpha value is -3.22. The summed E-state index contributed by atoms with van der Waals surface area (Å²) in [4.78, 5) is 33.6. The number of hydrogen-bond acceptors (Lipinski definition) is 3. The van der Waals surface area contributed by atoms with Gasteiger partial charge in [0.1, 0.15) is 11.6 Å². The molecule has 3 aromatic rings. The lowest BCUT2D eigenvalue weighted by molar-refractivity contribution is -0.122. The molecular weight excluding hydrogens is 335 g/mol. The third-order valence-corrected chi connectivity index (χ3v) is 4.51. The number of fused-ring (bicyclic) bond motifs is 1. The highest BCUT2D eigenvalue weighted by molar-refractivity contribution is 6.04. The number of benzene rings is 2. The Balaban J connectivity index is 1.49. The monoisotopic (exact) mass is 352 g/mol. The number of para-hydroxylation sites is 1. The quantitative estimate of drug-likeness (QED) is 0.761. The van der Waals surface area contributed by atoms with Crippen molar-refractivity contribution in [2.75, 3.05) is 16.8 Å². The normalized spacial score (nSPS) is 17.1. The number of rotatable bonds is 3. The standard InChI is InChI=1S/C19H17FN4O2/c1-11-21-15-7-6-13(9-16(15)22-11)23-19(26)12-8-18(25)24(10-12)17-5-3-2-4-14(17)20/h2-7,9,12H,8,10H2,1H3,(H,21,22)(H,23,26)/t12-/m0/s1. The van der Waals surface area contributed by atoms with Crippen molar-refractivity contribution in [3.63, 3.8) is 0 Å². The van der Waals surface area contributed by atoms with Crippen LogP contribution in [0.4, 0.5) is 15.8 Å². The van der Waals surface area contributed by atoms with Gasteiger partial charge in [0.25, 0.3) is 0 Å². The van der Waals surface area contributed by atoms with E-state index in [2.05, 4.69) is 15.3 Å². The number of carbonyl (C=O) groups excluding carboxylic acids is 2. The van der Waals surface area contributed by atoms with E-state index in [4.69, 9.17) is 0 Å². The average molecular weight is 352 g/mol. The Morgan fingerprint density at radius 3 is 2.92 bits per heavy atom. The first-order valence-corrected chi connectivity index (χ1v) is 8.33. The first-order chi connectivity index (χ1) is 12.5. The first kappa shape index (κ1) is 16.3. The second-order valence-electron chi connectivity index (χ2n) is 6.40. The zero-order chi connectivity index (χ0) is 18.3. The minimum Gasteiger partial charge on any atom is -0.342 e. The van der Waals surface area contributed by atoms with Crippen LogP contribution in [-0.2, 0) is 9.59 Å². The Morgan fingerprint density at radius 2 is 2.12 bits per heavy atom. The second kappa shape index (κ2) is 6.25. The van der Waals surface area contributed by atoms with Gasteiger partial charge in [-0.15, -0.1) is 0 Å². The fourth-order valence-electron chi connectivity index (χ4n) is 3.25. The third kappa shape index (κ3) is 2.92. The number of hydrogen-bond donors (Lipinski definition) is 2. The lowest BCUT2D eigenvalue weighted by Gasteiger charge is -2.17. The van der Waals surface area contributed by atoms with Crippen LogP contribution >= 0.6 is 0 Å². The molecule has 6 nitrogen and oxygen atoms in total. The van der Waals surface area contributed by atoms with Gasteiger partial charge in [0.05, 0.1) is 22.6 Å². The molecule has 0 spiro atoms. The van der Waals surface area contributed by atoms with E-state index in [1.807, 2.05) is 13.0 Å². The summed E-state index contributed by atoms with van der Waals surface area (Å²) >= 11 is 0. The van der Waals surface area contributed by atoms with Crippen molar-refractivity contribution in [2.24, 2.45) is 5.92 Å². The summed E-state index contributed by atoms with van der Waals surface area (Å²) in [6.45, 7) is 2.02. The van der Waals surface area contributed by atoms with E-state index in [1.165, 1.54) is 11.0 Å². The molecule has 1 atom stereocenters. The van der Waals surface area contributed by atoms with Crippen LogP contribution in [0.1, 0.15) is 12.2 Å². The lowest BCUT2D eigenvalue weighted by atomic mass is 10.1. The van der Waals surface area contributed by atoms with Gasteiger partial charge in [-0.05, 0) is 37.3 Å². The number of aromatic nitrogens is 2. The van der Waals surface area contributed by atoms with Gasteiger partial charge in [-0.25, -0.2) is 9.37 Å². The van der Waals surface area contributed by atoms with Crippen LogP contribution in [0.25, 0.3) is 11.0 Å². The highest BCUT2D eigenvalue weighted by Gasteiger charge is 2.36. The Morgan fingerprint density at radius 1 is 1.31 bits per heavy atom. The van der Waals surface area contributed by atoms with Gasteiger partial charge >= 0.3 is 0 Å². The van der Waals surface area contributed by atoms with Crippen molar-refractivity contribution in [3.8, 4) is 0 Å². The molecule has 2 amide bonds. The molecule has 26 heavy (non-hydrogen) atoms. The van der Waals surface area contributed by atoms with Crippen molar-refractivity contribution in [2.45, 2.75) is 13.3 Å². The van der Waals surface area contributed by atoms with Crippen LogP contribution in [0.3, 0.4) is 0 Å². The summed E-state index contributed by atoms with van der Waals surface area (Å²) in [5, 5.41) is 2.83. The van der Waals surface area contributed by atoms with Crippen LogP contribution in [0.2, 0.25) is 0 Å². The number of nitrogens with one attached hydrogen (secondary N) is 2. The van der Waals surface area contributed by atoms with E-state index in [-0.39, 0.29) is 30.5 Å². The third-order valence-electron chi connectivity index (χ3n) is 4.51. The number of amides is 2. The van der Waals surface area contributed by atoms with Gasteiger partial charge < -0.3 is 15.2 Å². The number of anilines is 2. The molecule has 1 aliphatic rings. The summed E-state index contributed by atoms with van der Waals surface area (Å²) < 4.78 is 13.9. The van der Waals surface area contributed by atoms with Crippen molar-refractivity contribution in [1.29, 1.82) is 0 Å². The molecule has 1 aliphatic heterocycles. The molecule has 7 heteroatoms. The van der Waals surface area contributed by atoms with Crippen LogP contribution in [0, 0.1) is 18.7 Å². The smallest absolute Gasteiger partial charge is 0.229 e. The van der Waals surface area contributed by atoms with Gasteiger partial charge in [-0.3, -0.25) is 9.59 Å². The zero-order valence-corrected chi connectivity index (χ0v) is 14.1. The molecule has 0 aliphatic carbocycles. The summed E-state index contributed by atoms with van der Waals surface area (Å²) in [5.41, 5.74) is 2.49. The SMILES string of the molecule is Cc1nc2ccc(NC(=O)[C@H]3CC(=O)N(c4ccccc4F)C3)cc2[nH]1. The maximum atomic E-state index is 13.9. The maximum Gasteiger partial charge on any atom is 0.229 e. The molecule has 1 saturated heterocycles. The maximum absolute atomic E-state index is 13.9. The fourth-order valence-corrected chi connectivity index (χ4v) is 3.25. The number of H-pyrrole nitrogens is 1. The summed E-state index contributed by atoms with van der Waals surface area (Å²) in [6, 6.07) is 11.5. The molecule has 2 aromatic carbocycles. The molecule has 2 heterocycles. The van der Waals surface area contributed by atoms with Crippen LogP contribution in [0.5, 0.6) is 0 Å². The molecule has 4 rings (SSSR count). The summed E-state index contributed by atoms with van der Waals surface area (Å²) in [7, 11) is 0. The molecular formula is C19H17FN4O2. The zero-order valence-electron chi connectivity index (χ0n) is 14.1. The molecule has 0 saturated carbocycles. The van der Waals surface area contributed by atoms with Crippen LogP contribution in [0.15, 0.2) is 42.5 Å². The van der Waals surface area contributed by atoms with Crippen molar-refractivity contribution in [1.82, 2.24) is 9.97 Å². The summed E-state index contributed by atoms with van der Waals surface area (Å²) in [6.07, 6.45) is 0.0611. The highest BCUT2D eigenvalue weighted by atomic mass is 19.1. The number of aromatic amines is 1. The number of nitrogens with zero attached hydrogens (tertiary/aromatic N) is 2. The molecule has 0 bridgehead atoms. The molecule has 0 radical (unpaired) electrons. The number of imidazole rings is 1. The predicted octanol–water partition coefficient (Wildman–Crippen LogP) is 3.00. The molecule has 1 aromatic heterocycles. The molecule has 132 valence electrons. The van der Waals surface area contributed by atoms with E-state index in [0.717, 1.165) is 16.9 Å². The van der Waals surface area contributed by atoms with Gasteiger partial charge in [-0.1, -0.05) is 12.1 Å². The first-order valence-electron chi connectivity index (χ1n) is 8.33. The minimum atomic E-state index is -0.527. The van der Waals surface area contributed by atoms with Gasteiger partial charge in [-0.2, -0.15) is 0 Å². The van der Waals surface area contributed by atoms with Crippen LogP contribution < -0.4 is 10.2 Å². The number of aryl methyl sites for hydroxylation is 1. The lowest BCUT2D eigenvalue weighted by Crippen LogP contribution is -2.28. The highest BCUT2D eigenvalue weighted by Crippen LogP contribution is 2.28. The summed E-state index contributed by atoms with van der Waals surface area (Å²) in [5.74, 6) is -0.712. The topological polar surface area (TPSA) is 78.1 Å². The molecule has 0 unspecified atom stereocenters. The van der Waals surface area contributed by atoms with E-state index >= 15 is 0 Å². The van der Waals surface area contributed by atoms with Crippen molar-refractivity contribution < 1.29 is 14.0 Å². The number of halogens is 1. The van der Waals surface area contributed by atoms with Gasteiger partial charge in [0, 0.05) is 18.7 Å². The largest absolute Gasteiger partial charge is 0.342 e. The average Bonchev–Trinajstić information content (AvgIpc) is 3.17. The van der Waals surface area contributed by atoms with Gasteiger partial charge in [0.2, 0.25) is 11.8 Å². The molecule has 2 N–H and O–H groups in total. The van der Waals surface area contributed by atoms with E-state index in [1.54, 1.807) is 30.3 Å². The van der Waals surface area contributed by atoms with Gasteiger partial charge in [0.15, 0.2) is 0 Å². The van der Waals surface area contributed by atoms with E-state index < -0.39 is 11.7 Å². The Kier molecular flexibility index (Phi) is 3.91. The fraction of sp³-hybridized carbons (Fsp3) is 0.211. The van der Waals surface area contributed by atoms with Crippen molar-refractivity contribution in [3.05, 3.63) is 54.1 Å². The number of carbonyl (C=O) groups is 2. The van der Waals surface area contributed by atoms with Crippen molar-refractivity contribution >= 4 is 34.2 Å². The van der Waals surface area contributed by atoms with Crippen LogP contribution in [-0.4, -0.2) is 28.3 Å². The Bertz CT molecular complexity index is 1010. The van der Waals surface area contributed by atoms with E-state index in [0.29, 0.717) is 5.69 Å². The second-order valence-corrected chi connectivity index (χ2v) is 6.40. The van der Waals surface area contributed by atoms with E-state index in [9.17, 15) is 14.0 Å².